The highest BCUT2D eigenvalue weighted by atomic mass is 19.1. The van der Waals surface area contributed by atoms with Crippen LogP contribution < -0.4 is 0 Å². The van der Waals surface area contributed by atoms with Gasteiger partial charge in [0.2, 0.25) is 5.91 Å². The van der Waals surface area contributed by atoms with E-state index in [4.69, 9.17) is 0 Å². The molecule has 1 aromatic carbocycles. The van der Waals surface area contributed by atoms with Crippen molar-refractivity contribution in [2.75, 3.05) is 14.1 Å². The van der Waals surface area contributed by atoms with Crippen molar-refractivity contribution < 1.29 is 9.18 Å². The second kappa shape index (κ2) is 7.73. The number of rotatable bonds is 5. The van der Waals surface area contributed by atoms with E-state index >= 15 is 0 Å². The molecule has 0 spiro atoms. The number of carbonyl (C=O) groups excluding carboxylic acids is 1. The van der Waals surface area contributed by atoms with Crippen LogP contribution in [0.3, 0.4) is 0 Å². The molecule has 2 rings (SSSR count). The maximum atomic E-state index is 12.9. The zero-order valence-corrected chi connectivity index (χ0v) is 13.9. The van der Waals surface area contributed by atoms with Crippen LogP contribution >= 0.6 is 0 Å². The van der Waals surface area contributed by atoms with Gasteiger partial charge < -0.3 is 4.90 Å². The van der Waals surface area contributed by atoms with Gasteiger partial charge in [-0.2, -0.15) is 0 Å². The summed E-state index contributed by atoms with van der Waals surface area (Å²) in [5, 5.41) is 0. The lowest BCUT2D eigenvalue weighted by atomic mass is 9.94. The predicted molar refractivity (Wildman–Crippen MR) is 87.0 cm³/mol. The van der Waals surface area contributed by atoms with Gasteiger partial charge >= 0.3 is 0 Å². The van der Waals surface area contributed by atoms with E-state index in [0.717, 1.165) is 18.4 Å². The number of halogens is 1. The van der Waals surface area contributed by atoms with Crippen molar-refractivity contribution >= 4 is 5.91 Å². The zero-order valence-electron chi connectivity index (χ0n) is 13.9. The molecule has 0 saturated heterocycles. The molecule has 1 aliphatic rings. The van der Waals surface area contributed by atoms with E-state index in [2.05, 4.69) is 0 Å². The Balaban J connectivity index is 1.92. The Morgan fingerprint density at radius 3 is 2.36 bits per heavy atom. The van der Waals surface area contributed by atoms with E-state index in [1.54, 1.807) is 12.1 Å². The first kappa shape index (κ1) is 16.9. The van der Waals surface area contributed by atoms with Gasteiger partial charge in [0.1, 0.15) is 5.82 Å². The monoisotopic (exact) mass is 306 g/mol. The molecule has 1 aliphatic carbocycles. The lowest BCUT2D eigenvalue weighted by Gasteiger charge is -2.35. The molecule has 0 aromatic heterocycles. The summed E-state index contributed by atoms with van der Waals surface area (Å²) in [6, 6.07) is 6.69. The summed E-state index contributed by atoms with van der Waals surface area (Å²) in [5.74, 6) is -0.0518. The molecule has 4 heteroatoms. The molecule has 122 valence electrons. The molecule has 22 heavy (non-hydrogen) atoms. The number of carbonyl (C=O) groups is 1. The first-order valence-electron chi connectivity index (χ1n) is 8.20. The smallest absolute Gasteiger partial charge is 0.239 e. The largest absolute Gasteiger partial charge is 0.341 e. The highest BCUT2D eigenvalue weighted by Crippen LogP contribution is 2.22. The van der Waals surface area contributed by atoms with Gasteiger partial charge in [0.25, 0.3) is 0 Å². The average Bonchev–Trinajstić information content (AvgIpc) is 2.55. The third kappa shape index (κ3) is 4.29. The minimum absolute atomic E-state index is 0.169. The third-order valence-corrected chi connectivity index (χ3v) is 4.83. The Bertz CT molecular complexity index is 482. The second-order valence-corrected chi connectivity index (χ2v) is 6.46. The Morgan fingerprint density at radius 2 is 1.77 bits per heavy atom. The molecule has 0 heterocycles. The van der Waals surface area contributed by atoms with Crippen LogP contribution in [-0.4, -0.2) is 41.9 Å². The summed E-state index contributed by atoms with van der Waals surface area (Å²) in [7, 11) is 3.88. The first-order valence-corrected chi connectivity index (χ1v) is 8.20. The van der Waals surface area contributed by atoms with Crippen molar-refractivity contribution in [2.24, 2.45) is 0 Å². The van der Waals surface area contributed by atoms with Gasteiger partial charge in [-0.3, -0.25) is 9.69 Å². The van der Waals surface area contributed by atoms with Crippen LogP contribution in [0.15, 0.2) is 24.3 Å². The van der Waals surface area contributed by atoms with Crippen LogP contribution in [-0.2, 0) is 11.3 Å². The summed E-state index contributed by atoms with van der Waals surface area (Å²) in [6.07, 6.45) is 5.98. The average molecular weight is 306 g/mol. The molecule has 3 nitrogen and oxygen atoms in total. The van der Waals surface area contributed by atoms with Crippen molar-refractivity contribution in [3.8, 4) is 0 Å². The second-order valence-electron chi connectivity index (χ2n) is 6.46. The molecule has 1 saturated carbocycles. The van der Waals surface area contributed by atoms with Gasteiger partial charge in [-0.25, -0.2) is 4.39 Å². The molecule has 0 radical (unpaired) electrons. The van der Waals surface area contributed by atoms with Crippen LogP contribution in [0.5, 0.6) is 0 Å². The molecule has 1 amide bonds. The minimum Gasteiger partial charge on any atom is -0.341 e. The van der Waals surface area contributed by atoms with E-state index in [-0.39, 0.29) is 17.8 Å². The number of amides is 1. The topological polar surface area (TPSA) is 23.6 Å². The Kier molecular flexibility index (Phi) is 5.95. The first-order chi connectivity index (χ1) is 10.5. The van der Waals surface area contributed by atoms with E-state index in [9.17, 15) is 9.18 Å². The van der Waals surface area contributed by atoms with Crippen molar-refractivity contribution in [1.29, 1.82) is 0 Å². The molecule has 1 fully saturated rings. The summed E-state index contributed by atoms with van der Waals surface area (Å²) in [5.41, 5.74) is 1.02. The molecular weight excluding hydrogens is 279 g/mol. The summed E-state index contributed by atoms with van der Waals surface area (Å²) in [4.78, 5) is 16.6. The van der Waals surface area contributed by atoms with Crippen LogP contribution in [0, 0.1) is 5.82 Å². The SMILES string of the molecule is CC(C(=O)N(C)C1CCCCC1)N(C)Cc1ccc(F)cc1. The molecule has 0 aliphatic heterocycles. The van der Waals surface area contributed by atoms with Gasteiger partial charge in [0.05, 0.1) is 6.04 Å². The fourth-order valence-electron chi connectivity index (χ4n) is 3.15. The molecule has 1 unspecified atom stereocenters. The van der Waals surface area contributed by atoms with E-state index in [0.29, 0.717) is 12.6 Å². The zero-order chi connectivity index (χ0) is 16.1. The lowest BCUT2D eigenvalue weighted by Crippen LogP contribution is -2.48. The summed E-state index contributed by atoms with van der Waals surface area (Å²) >= 11 is 0. The number of likely N-dealkylation sites (N-methyl/N-ethyl adjacent to an activating group) is 2. The van der Waals surface area contributed by atoms with E-state index < -0.39 is 0 Å². The third-order valence-electron chi connectivity index (χ3n) is 4.83. The van der Waals surface area contributed by atoms with Crippen LogP contribution in [0.4, 0.5) is 4.39 Å². The molecule has 0 N–H and O–H groups in total. The summed E-state index contributed by atoms with van der Waals surface area (Å²) < 4.78 is 12.9. The molecular formula is C18H27FN2O. The normalized spacial score (nSPS) is 17.5. The number of hydrogen-bond donors (Lipinski definition) is 0. The van der Waals surface area contributed by atoms with Crippen LogP contribution in [0.2, 0.25) is 0 Å². The van der Waals surface area contributed by atoms with Crippen LogP contribution in [0.25, 0.3) is 0 Å². The van der Waals surface area contributed by atoms with Crippen molar-refractivity contribution in [2.45, 2.75) is 57.7 Å². The Hall–Kier alpha value is -1.42. The standard InChI is InChI=1S/C18H27FN2O/c1-14(18(22)21(3)17-7-5-4-6-8-17)20(2)13-15-9-11-16(19)12-10-15/h9-12,14,17H,4-8,13H2,1-3H3. The number of nitrogens with zero attached hydrogens (tertiary/aromatic N) is 2. The van der Waals surface area contributed by atoms with Crippen LogP contribution in [0.1, 0.15) is 44.6 Å². The molecule has 0 bridgehead atoms. The quantitative estimate of drug-likeness (QED) is 0.832. The van der Waals surface area contributed by atoms with Gasteiger partial charge in [0.15, 0.2) is 0 Å². The van der Waals surface area contributed by atoms with Gasteiger partial charge in [0, 0.05) is 19.6 Å². The minimum atomic E-state index is -0.229. The van der Waals surface area contributed by atoms with Crippen molar-refractivity contribution in [3.63, 3.8) is 0 Å². The maximum absolute atomic E-state index is 12.9. The predicted octanol–water partition coefficient (Wildman–Crippen LogP) is 3.44. The summed E-state index contributed by atoms with van der Waals surface area (Å²) in [6.45, 7) is 2.59. The molecule has 1 atom stereocenters. The van der Waals surface area contributed by atoms with E-state index in [1.807, 2.05) is 30.8 Å². The van der Waals surface area contributed by atoms with Gasteiger partial charge in [-0.1, -0.05) is 31.4 Å². The maximum Gasteiger partial charge on any atom is 0.239 e. The van der Waals surface area contributed by atoms with Gasteiger partial charge in [-0.05, 0) is 44.5 Å². The lowest BCUT2D eigenvalue weighted by molar-refractivity contribution is -0.137. The van der Waals surface area contributed by atoms with Gasteiger partial charge in [-0.15, -0.1) is 0 Å². The highest BCUT2D eigenvalue weighted by Gasteiger charge is 2.27. The number of hydrogen-bond acceptors (Lipinski definition) is 2. The Labute approximate surface area is 133 Å². The fourth-order valence-corrected chi connectivity index (χ4v) is 3.15. The Morgan fingerprint density at radius 1 is 1.18 bits per heavy atom. The van der Waals surface area contributed by atoms with Crippen molar-refractivity contribution in [1.82, 2.24) is 9.80 Å². The van der Waals surface area contributed by atoms with E-state index in [1.165, 1.54) is 31.4 Å². The number of benzene rings is 1. The fraction of sp³-hybridized carbons (Fsp3) is 0.611. The molecule has 1 aromatic rings. The highest BCUT2D eigenvalue weighted by molar-refractivity contribution is 5.81. The van der Waals surface area contributed by atoms with Crippen molar-refractivity contribution in [3.05, 3.63) is 35.6 Å².